The van der Waals surface area contributed by atoms with Gasteiger partial charge >= 0.3 is 0 Å². The fraction of sp³-hybridized carbons (Fsp3) is 0.667. The summed E-state index contributed by atoms with van der Waals surface area (Å²) in [5.41, 5.74) is 3.75. The zero-order valence-electron chi connectivity index (χ0n) is 7.03. The monoisotopic (exact) mass is 156 g/mol. The van der Waals surface area contributed by atoms with Crippen LogP contribution in [0.1, 0.15) is 12.8 Å². The van der Waals surface area contributed by atoms with E-state index in [1.165, 1.54) is 6.42 Å². The molecule has 0 bridgehead atoms. The molecular weight excluding hydrogens is 144 g/mol. The molecule has 12 heavy (non-hydrogen) atoms. The largest absolute Gasteiger partial charge is 0.0769 e. The Morgan fingerprint density at radius 1 is 0.833 bits per heavy atom. The molecule has 5 aliphatic rings. The van der Waals surface area contributed by atoms with E-state index in [1.54, 1.807) is 6.42 Å². The molecule has 0 heterocycles. The zero-order chi connectivity index (χ0) is 7.45. The maximum Gasteiger partial charge on any atom is 0.00143 e. The van der Waals surface area contributed by atoms with E-state index >= 15 is 0 Å². The Balaban J connectivity index is 1.62. The van der Waals surface area contributed by atoms with E-state index in [9.17, 15) is 0 Å². The lowest BCUT2D eigenvalue weighted by Crippen LogP contribution is -1.98. The lowest BCUT2D eigenvalue weighted by atomic mass is 10.00. The van der Waals surface area contributed by atoms with Gasteiger partial charge in [0.15, 0.2) is 0 Å². The van der Waals surface area contributed by atoms with Crippen LogP contribution in [0.2, 0.25) is 0 Å². The Bertz CT molecular complexity index is 322. The van der Waals surface area contributed by atoms with Gasteiger partial charge < -0.3 is 0 Å². The van der Waals surface area contributed by atoms with Crippen LogP contribution in [-0.2, 0) is 0 Å². The Kier molecular flexibility index (Phi) is 0.547. The topological polar surface area (TPSA) is 0 Å². The Labute approximate surface area is 72.3 Å². The van der Waals surface area contributed by atoms with Crippen molar-refractivity contribution in [2.75, 3.05) is 0 Å². The van der Waals surface area contributed by atoms with Crippen molar-refractivity contribution in [3.05, 3.63) is 23.3 Å². The quantitative estimate of drug-likeness (QED) is 0.373. The second kappa shape index (κ2) is 1.25. The minimum absolute atomic E-state index is 1.01. The van der Waals surface area contributed by atoms with E-state index in [2.05, 4.69) is 12.2 Å². The van der Waals surface area contributed by atoms with Crippen LogP contribution in [0.5, 0.6) is 0 Å². The van der Waals surface area contributed by atoms with E-state index in [0.29, 0.717) is 0 Å². The first-order valence-corrected chi connectivity index (χ1v) is 5.37. The standard InChI is InChI=1S/C12H12/c1-5-6(1)8-3-10(8)12-4-11(12)9-2-7(5)9/h1,4-5,7-11H,2-3H2. The first kappa shape index (κ1) is 5.26. The van der Waals surface area contributed by atoms with Crippen molar-refractivity contribution in [3.63, 3.8) is 0 Å². The van der Waals surface area contributed by atoms with Crippen LogP contribution in [0.25, 0.3) is 0 Å². The molecule has 5 aliphatic carbocycles. The molecule has 3 fully saturated rings. The summed E-state index contributed by atoms with van der Waals surface area (Å²) in [7, 11) is 0. The van der Waals surface area contributed by atoms with Crippen LogP contribution in [0.4, 0.5) is 0 Å². The third-order valence-electron chi connectivity index (χ3n) is 4.76. The molecule has 6 atom stereocenters. The second-order valence-corrected chi connectivity index (χ2v) is 5.40. The van der Waals surface area contributed by atoms with E-state index in [0.717, 1.165) is 35.5 Å². The SMILES string of the molecule is C1=C2C1C1CC1C1C=C1C1CC21. The molecule has 60 valence electrons. The normalized spacial score (nSPS) is 66.7. The van der Waals surface area contributed by atoms with Gasteiger partial charge in [-0.2, -0.15) is 0 Å². The molecule has 0 heteroatoms. The first-order chi connectivity index (χ1) is 5.93. The van der Waals surface area contributed by atoms with Crippen molar-refractivity contribution < 1.29 is 0 Å². The molecular formula is C12H12. The summed E-state index contributed by atoms with van der Waals surface area (Å²) in [6, 6.07) is 0. The molecule has 0 aromatic rings. The van der Waals surface area contributed by atoms with Gasteiger partial charge in [-0.1, -0.05) is 23.3 Å². The minimum atomic E-state index is 1.01. The molecule has 0 aromatic carbocycles. The molecule has 0 saturated heterocycles. The van der Waals surface area contributed by atoms with Crippen molar-refractivity contribution >= 4 is 0 Å². The van der Waals surface area contributed by atoms with Gasteiger partial charge in [-0.05, 0) is 36.5 Å². The fourth-order valence-corrected chi connectivity index (χ4v) is 3.79. The molecule has 0 spiro atoms. The van der Waals surface area contributed by atoms with Crippen LogP contribution >= 0.6 is 0 Å². The van der Waals surface area contributed by atoms with Crippen LogP contribution in [0.15, 0.2) is 23.3 Å². The van der Waals surface area contributed by atoms with E-state index < -0.39 is 0 Å². The summed E-state index contributed by atoms with van der Waals surface area (Å²) in [6.07, 6.45) is 8.24. The first-order valence-electron chi connectivity index (χ1n) is 5.37. The van der Waals surface area contributed by atoms with Gasteiger partial charge in [-0.3, -0.25) is 0 Å². The molecule has 0 N–H and O–H groups in total. The highest BCUT2D eigenvalue weighted by Crippen LogP contribution is 2.72. The van der Waals surface area contributed by atoms with Gasteiger partial charge in [-0.15, -0.1) is 0 Å². The molecule has 0 aromatic heterocycles. The summed E-state index contributed by atoms with van der Waals surface area (Å²) in [4.78, 5) is 0. The van der Waals surface area contributed by atoms with Gasteiger partial charge in [0.05, 0.1) is 0 Å². The molecule has 5 rings (SSSR count). The number of allylic oxidation sites excluding steroid dienone is 4. The number of rotatable bonds is 0. The van der Waals surface area contributed by atoms with Gasteiger partial charge in [0.25, 0.3) is 0 Å². The summed E-state index contributed by atoms with van der Waals surface area (Å²) >= 11 is 0. The Morgan fingerprint density at radius 3 is 2.00 bits per heavy atom. The van der Waals surface area contributed by atoms with Gasteiger partial charge in [0.2, 0.25) is 0 Å². The molecule has 3 saturated carbocycles. The zero-order valence-corrected chi connectivity index (χ0v) is 7.03. The maximum atomic E-state index is 2.58. The highest BCUT2D eigenvalue weighted by atomic mass is 14.7. The number of hydrogen-bond donors (Lipinski definition) is 0. The van der Waals surface area contributed by atoms with E-state index in [4.69, 9.17) is 0 Å². The lowest BCUT2D eigenvalue weighted by Gasteiger charge is -2.04. The smallest absolute Gasteiger partial charge is 0.00143 e. The molecule has 0 nitrogen and oxygen atoms in total. The third-order valence-corrected chi connectivity index (χ3v) is 4.76. The van der Waals surface area contributed by atoms with Crippen molar-refractivity contribution in [2.45, 2.75) is 12.8 Å². The van der Waals surface area contributed by atoms with Crippen molar-refractivity contribution in [3.8, 4) is 0 Å². The van der Waals surface area contributed by atoms with Crippen LogP contribution < -0.4 is 0 Å². The van der Waals surface area contributed by atoms with Gasteiger partial charge in [0.1, 0.15) is 0 Å². The van der Waals surface area contributed by atoms with Crippen molar-refractivity contribution in [1.82, 2.24) is 0 Å². The van der Waals surface area contributed by atoms with E-state index in [-0.39, 0.29) is 0 Å². The van der Waals surface area contributed by atoms with Crippen LogP contribution in [0, 0.1) is 35.5 Å². The maximum absolute atomic E-state index is 2.58. The average Bonchev–Trinajstić information content (AvgIpc) is 2.81. The van der Waals surface area contributed by atoms with Crippen molar-refractivity contribution in [2.24, 2.45) is 35.5 Å². The minimum Gasteiger partial charge on any atom is -0.0769 e. The fourth-order valence-electron chi connectivity index (χ4n) is 3.79. The second-order valence-electron chi connectivity index (χ2n) is 5.40. The predicted octanol–water partition coefficient (Wildman–Crippen LogP) is 2.38. The van der Waals surface area contributed by atoms with Gasteiger partial charge in [0, 0.05) is 11.8 Å². The Morgan fingerprint density at radius 2 is 1.42 bits per heavy atom. The lowest BCUT2D eigenvalue weighted by molar-refractivity contribution is 0.573. The van der Waals surface area contributed by atoms with Gasteiger partial charge in [-0.25, -0.2) is 0 Å². The third kappa shape index (κ3) is 0.437. The summed E-state index contributed by atoms with van der Waals surface area (Å²) in [6.45, 7) is 0. The highest BCUT2D eigenvalue weighted by Gasteiger charge is 2.64. The molecule has 0 amide bonds. The summed E-state index contributed by atoms with van der Waals surface area (Å²) < 4.78 is 0. The number of fused-ring (bicyclic) bond motifs is 8. The van der Waals surface area contributed by atoms with Crippen LogP contribution in [0.3, 0.4) is 0 Å². The van der Waals surface area contributed by atoms with Crippen molar-refractivity contribution in [1.29, 1.82) is 0 Å². The predicted molar refractivity (Wildman–Crippen MR) is 46.3 cm³/mol. The molecule has 0 radical (unpaired) electrons. The molecule has 6 unspecified atom stereocenters. The average molecular weight is 156 g/mol. The van der Waals surface area contributed by atoms with Crippen LogP contribution in [-0.4, -0.2) is 0 Å². The number of hydrogen-bond acceptors (Lipinski definition) is 0. The molecule has 0 aliphatic heterocycles. The summed E-state index contributed by atoms with van der Waals surface area (Å²) in [5.74, 6) is 6.35. The Hall–Kier alpha value is -0.520. The highest BCUT2D eigenvalue weighted by molar-refractivity contribution is 5.50. The van der Waals surface area contributed by atoms with E-state index in [1.807, 2.05) is 11.1 Å². The summed E-state index contributed by atoms with van der Waals surface area (Å²) in [5, 5.41) is 0.